The molecule has 0 unspecified atom stereocenters. The van der Waals surface area contributed by atoms with Crippen LogP contribution in [0.2, 0.25) is 0 Å². The molecule has 0 aromatic heterocycles. The predicted molar refractivity (Wildman–Crippen MR) is 286 cm³/mol. The van der Waals surface area contributed by atoms with E-state index in [1.165, 1.54) is 11.0 Å². The molecule has 0 saturated heterocycles. The Morgan fingerprint density at radius 2 is 0.731 bits per heavy atom. The van der Waals surface area contributed by atoms with E-state index in [2.05, 4.69) is 36.4 Å². The van der Waals surface area contributed by atoms with E-state index in [0.29, 0.717) is 11.1 Å². The highest BCUT2D eigenvalue weighted by molar-refractivity contribution is 6.21. The Bertz CT molecular complexity index is 4330. The van der Waals surface area contributed by atoms with Gasteiger partial charge < -0.3 is 4.90 Å². The monoisotopic (exact) mass is 862 g/mol. The van der Waals surface area contributed by atoms with Gasteiger partial charge in [0, 0.05) is 17.1 Å². The van der Waals surface area contributed by atoms with Gasteiger partial charge >= 0.3 is 0 Å². The first-order chi connectivity index (χ1) is 37.8. The van der Waals surface area contributed by atoms with Gasteiger partial charge in [-0.1, -0.05) is 230 Å². The molecule has 67 heavy (non-hydrogen) atoms. The van der Waals surface area contributed by atoms with Crippen LogP contribution in [0.25, 0.3) is 99.1 Å². The molecule has 0 N–H and O–H groups in total. The van der Waals surface area contributed by atoms with Crippen LogP contribution < -0.4 is 4.90 Å². The van der Waals surface area contributed by atoms with E-state index >= 15 is 0 Å². The van der Waals surface area contributed by atoms with Crippen LogP contribution in [-0.2, 0) is 0 Å². The Labute approximate surface area is 407 Å². The first kappa shape index (κ1) is 29.6. The summed E-state index contributed by atoms with van der Waals surface area (Å²) in [5.74, 6) is 0. The van der Waals surface area contributed by atoms with E-state index in [4.69, 9.17) is 2.74 Å². The summed E-state index contributed by atoms with van der Waals surface area (Å²) in [6, 6.07) is 60.0. The molecule has 1 heteroatoms. The van der Waals surface area contributed by atoms with Crippen molar-refractivity contribution < 1.29 is 15.1 Å². The molecule has 0 atom stereocenters. The molecule has 0 aliphatic heterocycles. The Hall–Kier alpha value is -8.78. The van der Waals surface area contributed by atoms with Gasteiger partial charge in [-0.05, 0) is 141 Å². The fraction of sp³-hybridized carbons (Fsp3) is 0. The van der Waals surface area contributed by atoms with Crippen LogP contribution in [0.1, 0.15) is 15.1 Å². The molecular weight excluding hydrogens is 807 g/mol. The van der Waals surface area contributed by atoms with Gasteiger partial charge in [0.2, 0.25) is 0 Å². The smallest absolute Gasteiger partial charge is 0.0645 e. The van der Waals surface area contributed by atoms with Gasteiger partial charge in [0.15, 0.2) is 0 Å². The van der Waals surface area contributed by atoms with Crippen molar-refractivity contribution in [2.45, 2.75) is 0 Å². The largest absolute Gasteiger partial charge is 0.311 e. The zero-order chi connectivity index (χ0) is 54.1. The Morgan fingerprint density at radius 3 is 1.37 bits per heavy atom. The van der Waals surface area contributed by atoms with Crippen molar-refractivity contribution in [2.24, 2.45) is 0 Å². The number of hydrogen-bond donors (Lipinski definition) is 0. The van der Waals surface area contributed by atoms with E-state index in [9.17, 15) is 12.3 Å². The molecule has 0 spiro atoms. The van der Waals surface area contributed by atoms with Crippen molar-refractivity contribution in [1.82, 2.24) is 0 Å². The maximum atomic E-state index is 9.93. The zero-order valence-corrected chi connectivity index (χ0v) is 36.1. The highest BCUT2D eigenvalue weighted by atomic mass is 15.1. The van der Waals surface area contributed by atoms with Crippen LogP contribution in [0.3, 0.4) is 0 Å². The molecule has 12 aromatic rings. The van der Waals surface area contributed by atoms with Crippen LogP contribution >= 0.6 is 0 Å². The number of hydrogen-bond acceptors (Lipinski definition) is 1. The molecule has 12 rings (SSSR count). The van der Waals surface area contributed by atoms with Gasteiger partial charge in [-0.2, -0.15) is 0 Å². The van der Waals surface area contributed by atoms with E-state index in [-0.39, 0.29) is 57.4 Å². The van der Waals surface area contributed by atoms with E-state index in [1.807, 2.05) is 133 Å². The van der Waals surface area contributed by atoms with Crippen molar-refractivity contribution in [3.05, 3.63) is 273 Å². The number of nitrogens with zero attached hydrogens (tertiary/aromatic N) is 1. The lowest BCUT2D eigenvalue weighted by atomic mass is 9.85. The molecule has 1 nitrogen and oxygen atoms in total. The average Bonchev–Trinajstić information content (AvgIpc) is 3.65. The first-order valence-electron chi connectivity index (χ1n) is 27.7. The molecule has 12 aromatic carbocycles. The second-order valence-corrected chi connectivity index (χ2v) is 16.3. The molecule has 0 heterocycles. The van der Waals surface area contributed by atoms with Crippen LogP contribution in [0, 0.1) is 0 Å². The van der Waals surface area contributed by atoms with Crippen molar-refractivity contribution in [2.75, 3.05) is 4.90 Å². The number of rotatable bonds is 9. The Kier molecular flexibility index (Phi) is 7.65. The van der Waals surface area contributed by atoms with Crippen LogP contribution in [0.15, 0.2) is 273 Å². The highest BCUT2D eigenvalue weighted by Crippen LogP contribution is 2.46. The third kappa shape index (κ3) is 7.43. The SMILES string of the molecule is [2H]c1cc(-c2cccc3ccccc23)c(-c2c([2H])c([2H])c(N(c3ccc(-c4c(-c5ccccc5)c5ccccc5c5ccccc45)cc3)c3c([2H])c([2H])c(-c4cccc(-c5ccccc5)c4)c([2H])c3[2H])c([2H])c2[2H])c([2H])c1[2H]. The molecule has 0 amide bonds. The molecule has 0 aliphatic carbocycles. The molecule has 0 saturated carbocycles. The summed E-state index contributed by atoms with van der Waals surface area (Å²) in [5, 5.41) is 5.77. The average molecular weight is 863 g/mol. The normalized spacial score (nSPS) is 13.6. The van der Waals surface area contributed by atoms with E-state index in [0.717, 1.165) is 65.7 Å². The minimum Gasteiger partial charge on any atom is -0.311 e. The maximum Gasteiger partial charge on any atom is 0.0645 e. The second kappa shape index (κ2) is 17.3. The maximum absolute atomic E-state index is 9.93. The van der Waals surface area contributed by atoms with Crippen molar-refractivity contribution >= 4 is 49.4 Å². The van der Waals surface area contributed by atoms with Crippen LogP contribution in [-0.4, -0.2) is 0 Å². The summed E-state index contributed by atoms with van der Waals surface area (Å²) in [4.78, 5) is 1.28. The van der Waals surface area contributed by atoms with Crippen LogP contribution in [0.4, 0.5) is 17.1 Å². The molecular formula is C66H45N. The lowest BCUT2D eigenvalue weighted by Crippen LogP contribution is -2.09. The lowest BCUT2D eigenvalue weighted by Gasteiger charge is -2.26. The van der Waals surface area contributed by atoms with Gasteiger partial charge in [0.05, 0.1) is 15.1 Å². The standard InChI is InChI=1S/C66H45N/c1-3-17-46(18-4-1)52-23-15-24-53(45-52)47-33-39-54(40-34-47)67(55-41-35-49(36-42-55)58-26-9-10-27-59(58)60-32-16-22-48-19-7-8-25-57(48)60)56-43-37-51(38-44-56)66-64-31-14-12-29-62(64)61-28-11-13-30-63(61)65(66)50-20-5-2-6-21-50/h1-45H/i9D,10D,26D,33D,34D,35D,36D,39D,40D,41D,42D. The number of anilines is 3. The number of fused-ring (bicyclic) bond motifs is 4. The topological polar surface area (TPSA) is 3.24 Å². The van der Waals surface area contributed by atoms with Crippen molar-refractivity contribution in [3.63, 3.8) is 0 Å². The highest BCUT2D eigenvalue weighted by Gasteiger charge is 2.20. The molecule has 0 aliphatic rings. The second-order valence-electron chi connectivity index (χ2n) is 16.3. The first-order valence-corrected chi connectivity index (χ1v) is 22.2. The lowest BCUT2D eigenvalue weighted by molar-refractivity contribution is 1.28. The quantitative estimate of drug-likeness (QED) is 0.131. The van der Waals surface area contributed by atoms with Gasteiger partial charge in [-0.25, -0.2) is 0 Å². The minimum absolute atomic E-state index is 0.0429. The van der Waals surface area contributed by atoms with E-state index in [1.54, 1.807) is 30.3 Å². The third-order valence-corrected chi connectivity index (χ3v) is 12.4. The van der Waals surface area contributed by atoms with Crippen molar-refractivity contribution in [1.29, 1.82) is 0 Å². The zero-order valence-electron chi connectivity index (χ0n) is 47.1. The summed E-state index contributed by atoms with van der Waals surface area (Å²) in [6.45, 7) is 0. The van der Waals surface area contributed by atoms with Crippen LogP contribution in [0.5, 0.6) is 0 Å². The van der Waals surface area contributed by atoms with Gasteiger partial charge in [0.1, 0.15) is 0 Å². The summed E-state index contributed by atoms with van der Waals surface area (Å²) in [6.07, 6.45) is 0. The minimum atomic E-state index is -0.594. The summed E-state index contributed by atoms with van der Waals surface area (Å²) in [7, 11) is 0. The summed E-state index contributed by atoms with van der Waals surface area (Å²) in [5.41, 5.74) is 6.02. The van der Waals surface area contributed by atoms with E-state index < -0.39 is 48.3 Å². The van der Waals surface area contributed by atoms with Gasteiger partial charge in [0.25, 0.3) is 0 Å². The van der Waals surface area contributed by atoms with Gasteiger partial charge in [-0.3, -0.25) is 0 Å². The van der Waals surface area contributed by atoms with Gasteiger partial charge in [-0.15, -0.1) is 0 Å². The molecule has 0 radical (unpaired) electrons. The number of benzene rings is 12. The molecule has 314 valence electrons. The Balaban J connectivity index is 1.11. The van der Waals surface area contributed by atoms with Crippen molar-refractivity contribution in [3.8, 4) is 66.8 Å². The summed E-state index contributed by atoms with van der Waals surface area (Å²) >= 11 is 0. The predicted octanol–water partition coefficient (Wildman–Crippen LogP) is 18.6. The molecule has 0 bridgehead atoms. The Morgan fingerprint density at radius 1 is 0.254 bits per heavy atom. The fourth-order valence-electron chi connectivity index (χ4n) is 9.30. The molecule has 0 fully saturated rings. The third-order valence-electron chi connectivity index (χ3n) is 12.4. The summed E-state index contributed by atoms with van der Waals surface area (Å²) < 4.78 is 105. The fourth-order valence-corrected chi connectivity index (χ4v) is 9.30.